The predicted octanol–water partition coefficient (Wildman–Crippen LogP) is 12.0. The second-order valence-electron chi connectivity index (χ2n) is 13.6. The van der Waals surface area contributed by atoms with Crippen molar-refractivity contribution in [3.8, 4) is 50.9 Å². The molecule has 0 saturated heterocycles. The first kappa shape index (κ1) is 28.3. The van der Waals surface area contributed by atoms with Crippen LogP contribution >= 0.6 is 0 Å². The normalized spacial score (nSPS) is 15.3. The van der Waals surface area contributed by atoms with E-state index in [1.165, 1.54) is 89.4 Å². The maximum atomic E-state index is 3.30. The molecule has 4 aliphatic rings. The number of benzene rings is 5. The maximum Gasteiger partial charge on any atom is 0.0550 e. The third-order valence-corrected chi connectivity index (χ3v) is 10.8. The fraction of sp³-hybridized carbons (Fsp3) is 0.149. The maximum absolute atomic E-state index is 3.30. The van der Waals surface area contributed by atoms with Gasteiger partial charge in [-0.15, -0.1) is 0 Å². The number of fused-ring (bicyclic) bond motifs is 3. The van der Waals surface area contributed by atoms with Crippen molar-refractivity contribution in [1.29, 1.82) is 0 Å². The van der Waals surface area contributed by atoms with Crippen LogP contribution in [0.4, 0.5) is 11.4 Å². The largest absolute Gasteiger partial charge is 0.314 e. The van der Waals surface area contributed by atoms with E-state index >= 15 is 0 Å². The number of aryl methyl sites for hydroxylation is 1. The molecule has 0 bridgehead atoms. The molecule has 234 valence electrons. The molecular weight excluding hydrogens is 593 g/mol. The molecular formula is C47H36N2. The van der Waals surface area contributed by atoms with Crippen LogP contribution in [0, 0.1) is 11.8 Å². The van der Waals surface area contributed by atoms with E-state index < -0.39 is 0 Å². The summed E-state index contributed by atoms with van der Waals surface area (Å²) in [6.07, 6.45) is 16.2. The molecule has 6 aromatic rings. The molecule has 1 heterocycles. The third kappa shape index (κ3) is 4.50. The van der Waals surface area contributed by atoms with Crippen molar-refractivity contribution >= 4 is 27.9 Å². The summed E-state index contributed by atoms with van der Waals surface area (Å²) in [6, 6.07) is 41.0. The van der Waals surface area contributed by atoms with Crippen molar-refractivity contribution in [3.63, 3.8) is 0 Å². The fourth-order valence-electron chi connectivity index (χ4n) is 8.66. The van der Waals surface area contributed by atoms with Gasteiger partial charge in [-0.1, -0.05) is 90.7 Å². The first-order valence-corrected chi connectivity index (χ1v) is 17.8. The van der Waals surface area contributed by atoms with Crippen LogP contribution in [-0.4, -0.2) is 4.57 Å². The topological polar surface area (TPSA) is 8.17 Å². The highest BCUT2D eigenvalue weighted by Crippen LogP contribution is 2.54. The molecule has 0 saturated carbocycles. The van der Waals surface area contributed by atoms with E-state index in [9.17, 15) is 0 Å². The number of nitrogens with zero attached hydrogens (tertiary/aromatic N) is 2. The van der Waals surface area contributed by atoms with Crippen molar-refractivity contribution < 1.29 is 0 Å². The number of hydrogen-bond donors (Lipinski definition) is 0. The molecule has 2 nitrogen and oxygen atoms in total. The molecule has 5 aromatic carbocycles. The Morgan fingerprint density at radius 3 is 2.29 bits per heavy atom. The lowest BCUT2D eigenvalue weighted by molar-refractivity contribution is 0.831. The Bertz CT molecular complexity index is 2460. The summed E-state index contributed by atoms with van der Waals surface area (Å²) in [7, 11) is 0. The summed E-state index contributed by atoms with van der Waals surface area (Å²) in [6.45, 7) is 0. The van der Waals surface area contributed by atoms with E-state index in [1.54, 1.807) is 0 Å². The van der Waals surface area contributed by atoms with E-state index in [2.05, 4.69) is 155 Å². The van der Waals surface area contributed by atoms with Crippen molar-refractivity contribution in [2.45, 2.75) is 44.9 Å². The second-order valence-corrected chi connectivity index (χ2v) is 13.6. The van der Waals surface area contributed by atoms with Crippen LogP contribution in [0.3, 0.4) is 0 Å². The SMILES string of the molecule is C1#CCCCC(N(c2ccccc2)c2ccc(-n3c4c5c6c(cc(C7=CC=CCC7)cc63)-c3ccccc3-c3cccc(c3-5)CC4)cc2)=C1. The number of hydrogen-bond acceptors (Lipinski definition) is 1. The van der Waals surface area contributed by atoms with E-state index in [4.69, 9.17) is 0 Å². The lowest BCUT2D eigenvalue weighted by Gasteiger charge is -2.28. The summed E-state index contributed by atoms with van der Waals surface area (Å²) in [5, 5.41) is 1.39. The number of rotatable bonds is 5. The van der Waals surface area contributed by atoms with Gasteiger partial charge in [0.25, 0.3) is 0 Å². The Balaban J connectivity index is 1.22. The Morgan fingerprint density at radius 1 is 0.653 bits per heavy atom. The van der Waals surface area contributed by atoms with Gasteiger partial charge in [-0.05, 0) is 132 Å². The summed E-state index contributed by atoms with van der Waals surface area (Å²) in [5.74, 6) is 6.60. The Hall–Kier alpha value is -5.78. The fourth-order valence-corrected chi connectivity index (χ4v) is 8.66. The average molecular weight is 629 g/mol. The quantitative estimate of drug-likeness (QED) is 0.172. The minimum atomic E-state index is 0.944. The van der Waals surface area contributed by atoms with Crippen LogP contribution < -0.4 is 4.90 Å². The molecule has 0 amide bonds. The molecule has 10 rings (SSSR count). The standard InChI is InChI=1S/C47H36N2/c1-2-8-18-35(17-7-1)48(36-19-9-4-10-20-36)37-25-27-38(28-26-37)49-43-29-24-33-16-13-23-41-39-21-11-12-22-40(39)42-30-34(32-14-5-3-6-15-32)31-44(49)46(42)47(43)45(33)41/h3-5,9-14,16,18-23,25-28,30-31H,1,6-7,15,17,24,29H2. The Kier molecular flexibility index (Phi) is 6.59. The van der Waals surface area contributed by atoms with Crippen LogP contribution in [-0.2, 0) is 12.8 Å². The van der Waals surface area contributed by atoms with Gasteiger partial charge >= 0.3 is 0 Å². The minimum absolute atomic E-state index is 0.944. The lowest BCUT2D eigenvalue weighted by Crippen LogP contribution is -2.16. The van der Waals surface area contributed by atoms with Crippen molar-refractivity contribution in [3.05, 3.63) is 156 Å². The Morgan fingerprint density at radius 2 is 1.45 bits per heavy atom. The molecule has 2 heteroatoms. The summed E-state index contributed by atoms with van der Waals surface area (Å²) < 4.78 is 2.59. The smallest absolute Gasteiger partial charge is 0.0550 e. The van der Waals surface area contributed by atoms with Crippen LogP contribution in [0.15, 0.2) is 139 Å². The second kappa shape index (κ2) is 11.4. The number of aromatic nitrogens is 1. The molecule has 4 aliphatic carbocycles. The van der Waals surface area contributed by atoms with E-state index in [-0.39, 0.29) is 0 Å². The summed E-state index contributed by atoms with van der Waals surface area (Å²) in [5.41, 5.74) is 20.0. The van der Waals surface area contributed by atoms with Crippen LogP contribution in [0.25, 0.3) is 55.5 Å². The molecule has 0 N–H and O–H groups in total. The van der Waals surface area contributed by atoms with E-state index in [0.29, 0.717) is 0 Å². The van der Waals surface area contributed by atoms with Crippen molar-refractivity contribution in [1.82, 2.24) is 4.57 Å². The van der Waals surface area contributed by atoms with Gasteiger partial charge in [0.1, 0.15) is 0 Å². The molecule has 0 aliphatic heterocycles. The van der Waals surface area contributed by atoms with Gasteiger partial charge in [-0.25, -0.2) is 0 Å². The van der Waals surface area contributed by atoms with Gasteiger partial charge in [0.05, 0.1) is 5.52 Å². The van der Waals surface area contributed by atoms with Crippen molar-refractivity contribution in [2.75, 3.05) is 4.90 Å². The number of anilines is 2. The molecule has 49 heavy (non-hydrogen) atoms. The van der Waals surface area contributed by atoms with Gasteiger partial charge < -0.3 is 9.47 Å². The highest BCUT2D eigenvalue weighted by Gasteiger charge is 2.32. The van der Waals surface area contributed by atoms with Gasteiger partial charge in [0, 0.05) is 51.9 Å². The van der Waals surface area contributed by atoms with Gasteiger partial charge in [0.2, 0.25) is 0 Å². The summed E-state index contributed by atoms with van der Waals surface area (Å²) >= 11 is 0. The van der Waals surface area contributed by atoms with E-state index in [0.717, 1.165) is 44.9 Å². The highest BCUT2D eigenvalue weighted by atomic mass is 15.1. The zero-order chi connectivity index (χ0) is 32.3. The first-order valence-electron chi connectivity index (χ1n) is 17.8. The van der Waals surface area contributed by atoms with Gasteiger partial charge in [-0.2, -0.15) is 0 Å². The van der Waals surface area contributed by atoms with Crippen LogP contribution in [0.2, 0.25) is 0 Å². The first-order chi connectivity index (χ1) is 24.3. The zero-order valence-electron chi connectivity index (χ0n) is 27.5. The van der Waals surface area contributed by atoms with Crippen LogP contribution in [0.5, 0.6) is 0 Å². The molecule has 0 fully saturated rings. The summed E-state index contributed by atoms with van der Waals surface area (Å²) in [4.78, 5) is 2.39. The predicted molar refractivity (Wildman–Crippen MR) is 205 cm³/mol. The molecule has 0 atom stereocenters. The number of para-hydroxylation sites is 1. The highest BCUT2D eigenvalue weighted by molar-refractivity contribution is 6.16. The van der Waals surface area contributed by atoms with Crippen molar-refractivity contribution in [2.24, 2.45) is 0 Å². The van der Waals surface area contributed by atoms with Gasteiger partial charge in [0.15, 0.2) is 0 Å². The van der Waals surface area contributed by atoms with E-state index in [1.807, 2.05) is 0 Å². The minimum Gasteiger partial charge on any atom is -0.314 e. The van der Waals surface area contributed by atoms with Crippen LogP contribution in [0.1, 0.15) is 48.9 Å². The lowest BCUT2D eigenvalue weighted by atomic mass is 9.84. The third-order valence-electron chi connectivity index (χ3n) is 10.8. The molecule has 0 radical (unpaired) electrons. The number of allylic oxidation sites excluding steroid dienone is 6. The van der Waals surface area contributed by atoms with Gasteiger partial charge in [-0.3, -0.25) is 0 Å². The monoisotopic (exact) mass is 628 g/mol. The molecule has 0 unspecified atom stereocenters. The Labute approximate surface area is 288 Å². The molecule has 1 aromatic heterocycles. The molecule has 0 spiro atoms. The average Bonchev–Trinajstić information content (AvgIpc) is 3.27. The zero-order valence-corrected chi connectivity index (χ0v) is 27.5.